The van der Waals surface area contributed by atoms with Gasteiger partial charge < -0.3 is 9.64 Å². The van der Waals surface area contributed by atoms with E-state index in [9.17, 15) is 4.79 Å². The van der Waals surface area contributed by atoms with Gasteiger partial charge in [0.25, 0.3) is 0 Å². The zero-order valence-electron chi connectivity index (χ0n) is 14.4. The average Bonchev–Trinajstić information content (AvgIpc) is 3.12. The lowest BCUT2D eigenvalue weighted by Crippen LogP contribution is -2.45. The monoisotopic (exact) mass is 370 g/mol. The lowest BCUT2D eigenvalue weighted by atomic mass is 10.0. The van der Waals surface area contributed by atoms with Crippen LogP contribution < -0.4 is 4.90 Å². The molecule has 26 heavy (non-hydrogen) atoms. The molecule has 1 aliphatic rings. The number of fused-ring (bicyclic) bond motifs is 1. The van der Waals surface area contributed by atoms with Gasteiger partial charge in [-0.15, -0.1) is 0 Å². The van der Waals surface area contributed by atoms with Crippen molar-refractivity contribution in [2.45, 2.75) is 25.3 Å². The number of hydrogen-bond acceptors (Lipinski definition) is 5. The van der Waals surface area contributed by atoms with E-state index in [2.05, 4.69) is 15.2 Å². The Balaban J connectivity index is 1.79. The fraction of sp³-hybridized carbons (Fsp3) is 0.316. The van der Waals surface area contributed by atoms with Crippen LogP contribution in [0.1, 0.15) is 19.3 Å². The van der Waals surface area contributed by atoms with Gasteiger partial charge >= 0.3 is 5.97 Å². The second-order valence-corrected chi connectivity index (χ2v) is 6.80. The highest BCUT2D eigenvalue weighted by atomic mass is 35.5. The Morgan fingerprint density at radius 3 is 2.85 bits per heavy atom. The molecule has 0 radical (unpaired) electrons. The summed E-state index contributed by atoms with van der Waals surface area (Å²) in [7, 11) is 1.43. The number of pyridine rings is 1. The van der Waals surface area contributed by atoms with Gasteiger partial charge in [-0.2, -0.15) is 5.10 Å². The van der Waals surface area contributed by atoms with Crippen molar-refractivity contribution in [3.05, 3.63) is 41.6 Å². The molecule has 3 heterocycles. The number of aromatic amines is 1. The van der Waals surface area contributed by atoms with Crippen LogP contribution in [-0.4, -0.2) is 40.8 Å². The van der Waals surface area contributed by atoms with E-state index in [1.54, 1.807) is 6.20 Å². The Morgan fingerprint density at radius 1 is 1.27 bits per heavy atom. The zero-order valence-corrected chi connectivity index (χ0v) is 15.2. The topological polar surface area (TPSA) is 71.1 Å². The maximum Gasteiger partial charge on any atom is 0.328 e. The Labute approximate surface area is 156 Å². The van der Waals surface area contributed by atoms with Crippen LogP contribution in [0.5, 0.6) is 0 Å². The summed E-state index contributed by atoms with van der Waals surface area (Å²) in [5, 5.41) is 9.25. The van der Waals surface area contributed by atoms with Crippen LogP contribution in [0, 0.1) is 0 Å². The number of nitrogens with one attached hydrogen (secondary N) is 1. The summed E-state index contributed by atoms with van der Waals surface area (Å²) in [6, 6.07) is 9.17. The quantitative estimate of drug-likeness (QED) is 0.710. The predicted octanol–water partition coefficient (Wildman–Crippen LogP) is 3.81. The molecule has 0 aliphatic carbocycles. The molecule has 1 aromatic carbocycles. The Hall–Kier alpha value is -2.60. The molecule has 0 saturated carbocycles. The molecule has 1 aliphatic heterocycles. The summed E-state index contributed by atoms with van der Waals surface area (Å²) >= 11 is 5.99. The van der Waals surface area contributed by atoms with Crippen molar-refractivity contribution in [1.29, 1.82) is 0 Å². The lowest BCUT2D eigenvalue weighted by Gasteiger charge is -2.34. The molecular weight excluding hydrogens is 352 g/mol. The van der Waals surface area contributed by atoms with E-state index in [1.807, 2.05) is 35.2 Å². The van der Waals surface area contributed by atoms with Gasteiger partial charge in [-0.3, -0.25) is 10.1 Å². The number of benzene rings is 1. The van der Waals surface area contributed by atoms with Crippen LogP contribution in [0.3, 0.4) is 0 Å². The third-order valence-electron chi connectivity index (χ3n) is 4.83. The molecule has 134 valence electrons. The summed E-state index contributed by atoms with van der Waals surface area (Å²) < 4.78 is 4.99. The minimum absolute atomic E-state index is 0.215. The van der Waals surface area contributed by atoms with Crippen molar-refractivity contribution >= 4 is 34.3 Å². The largest absolute Gasteiger partial charge is 0.467 e. The number of anilines is 1. The molecule has 6 nitrogen and oxygen atoms in total. The van der Waals surface area contributed by atoms with Gasteiger partial charge in [0.1, 0.15) is 6.04 Å². The summed E-state index contributed by atoms with van der Waals surface area (Å²) in [5.41, 5.74) is 2.61. The number of nitrogens with zero attached hydrogens (tertiary/aromatic N) is 3. The van der Waals surface area contributed by atoms with Gasteiger partial charge in [-0.1, -0.05) is 23.7 Å². The minimum atomic E-state index is -0.299. The Bertz CT molecular complexity index is 938. The average molecular weight is 371 g/mol. The van der Waals surface area contributed by atoms with E-state index in [0.717, 1.165) is 53.8 Å². The second kappa shape index (κ2) is 6.96. The highest BCUT2D eigenvalue weighted by molar-refractivity contribution is 6.30. The predicted molar refractivity (Wildman–Crippen MR) is 101 cm³/mol. The zero-order chi connectivity index (χ0) is 18.1. The van der Waals surface area contributed by atoms with E-state index in [-0.39, 0.29) is 12.0 Å². The maximum atomic E-state index is 12.2. The molecule has 0 spiro atoms. The van der Waals surface area contributed by atoms with Crippen molar-refractivity contribution in [1.82, 2.24) is 15.2 Å². The number of halogens is 1. The molecule has 1 atom stereocenters. The SMILES string of the molecule is COC(=O)C1CCCCN1c1n[nH]c2c(-c3ccc(Cl)cc3)nccc12. The van der Waals surface area contributed by atoms with Crippen LogP contribution >= 0.6 is 11.6 Å². The molecule has 2 aromatic heterocycles. The molecule has 7 heteroatoms. The maximum absolute atomic E-state index is 12.2. The van der Waals surface area contributed by atoms with E-state index in [1.165, 1.54) is 7.11 Å². The fourth-order valence-electron chi connectivity index (χ4n) is 3.54. The van der Waals surface area contributed by atoms with E-state index < -0.39 is 0 Å². The number of ether oxygens (including phenoxy) is 1. The molecule has 4 rings (SSSR count). The highest BCUT2D eigenvalue weighted by Crippen LogP contribution is 2.34. The van der Waals surface area contributed by atoms with Crippen molar-refractivity contribution in [2.24, 2.45) is 0 Å². The Morgan fingerprint density at radius 2 is 2.08 bits per heavy atom. The van der Waals surface area contributed by atoms with Crippen LogP contribution in [-0.2, 0) is 9.53 Å². The molecule has 0 amide bonds. The molecule has 1 unspecified atom stereocenters. The van der Waals surface area contributed by atoms with Gasteiger partial charge in [-0.05, 0) is 37.5 Å². The number of piperidine rings is 1. The number of aromatic nitrogens is 3. The molecule has 3 aromatic rings. The number of esters is 1. The van der Waals surface area contributed by atoms with Gasteiger partial charge in [0.05, 0.1) is 18.3 Å². The summed E-state index contributed by atoms with van der Waals surface area (Å²) in [6.45, 7) is 0.776. The van der Waals surface area contributed by atoms with Crippen molar-refractivity contribution in [3.63, 3.8) is 0 Å². The first kappa shape index (κ1) is 16.8. The fourth-order valence-corrected chi connectivity index (χ4v) is 3.67. The van der Waals surface area contributed by atoms with Crippen molar-refractivity contribution in [2.75, 3.05) is 18.6 Å². The minimum Gasteiger partial charge on any atom is -0.467 e. The number of rotatable bonds is 3. The van der Waals surface area contributed by atoms with Gasteiger partial charge in [0, 0.05) is 28.7 Å². The number of H-pyrrole nitrogens is 1. The molecule has 1 fully saturated rings. The van der Waals surface area contributed by atoms with Crippen LogP contribution in [0.25, 0.3) is 22.2 Å². The smallest absolute Gasteiger partial charge is 0.328 e. The summed E-state index contributed by atoms with van der Waals surface area (Å²) in [5.74, 6) is 0.556. The third-order valence-corrected chi connectivity index (χ3v) is 5.08. The lowest BCUT2D eigenvalue weighted by molar-refractivity contribution is -0.142. The van der Waals surface area contributed by atoms with Crippen molar-refractivity contribution < 1.29 is 9.53 Å². The highest BCUT2D eigenvalue weighted by Gasteiger charge is 2.32. The van der Waals surface area contributed by atoms with Crippen LogP contribution in [0.4, 0.5) is 5.82 Å². The van der Waals surface area contributed by atoms with Gasteiger partial charge in [-0.25, -0.2) is 4.79 Å². The van der Waals surface area contributed by atoms with E-state index >= 15 is 0 Å². The first-order valence-electron chi connectivity index (χ1n) is 8.62. The van der Waals surface area contributed by atoms with E-state index in [4.69, 9.17) is 16.3 Å². The standard InChI is InChI=1S/C19H19ClN4O2/c1-26-19(25)15-4-2-3-11-24(15)18-14-9-10-21-16(17(14)22-23-18)12-5-7-13(20)8-6-12/h5-10,15H,2-4,11H2,1H3,(H,22,23). The first-order chi connectivity index (χ1) is 12.7. The molecule has 1 saturated heterocycles. The molecule has 1 N–H and O–H groups in total. The third kappa shape index (κ3) is 2.90. The van der Waals surface area contributed by atoms with E-state index in [0.29, 0.717) is 5.02 Å². The first-order valence-corrected chi connectivity index (χ1v) is 9.00. The number of carbonyl (C=O) groups is 1. The molecular formula is C19H19ClN4O2. The molecule has 0 bridgehead atoms. The van der Waals surface area contributed by atoms with Crippen molar-refractivity contribution in [3.8, 4) is 11.3 Å². The Kier molecular flexibility index (Phi) is 4.51. The van der Waals surface area contributed by atoms with Gasteiger partial charge in [0.2, 0.25) is 0 Å². The normalized spacial score (nSPS) is 17.5. The van der Waals surface area contributed by atoms with Crippen LogP contribution in [0.15, 0.2) is 36.5 Å². The van der Waals surface area contributed by atoms with Crippen LogP contribution in [0.2, 0.25) is 5.02 Å². The van der Waals surface area contributed by atoms with Gasteiger partial charge in [0.15, 0.2) is 5.82 Å². The number of carbonyl (C=O) groups excluding carboxylic acids is 1. The number of hydrogen-bond donors (Lipinski definition) is 1. The number of methoxy groups -OCH3 is 1. The summed E-state index contributed by atoms with van der Waals surface area (Å²) in [6.07, 6.45) is 4.58. The second-order valence-electron chi connectivity index (χ2n) is 6.36. The summed E-state index contributed by atoms with van der Waals surface area (Å²) in [4.78, 5) is 18.8.